The topological polar surface area (TPSA) is 69.7 Å². The predicted octanol–water partition coefficient (Wildman–Crippen LogP) is 1.59. The third-order valence-corrected chi connectivity index (χ3v) is 6.66. The second-order valence-electron chi connectivity index (χ2n) is 6.46. The smallest absolute Gasteiger partial charge is 0.282 e. The molecule has 1 rings (SSSR count). The zero-order valence-electron chi connectivity index (χ0n) is 14.5. The van der Waals surface area contributed by atoms with Crippen molar-refractivity contribution >= 4 is 16.1 Å². The Kier molecular flexibility index (Phi) is 7.28. The van der Waals surface area contributed by atoms with E-state index in [4.69, 9.17) is 0 Å². The largest absolute Gasteiger partial charge is 0.356 e. The highest BCUT2D eigenvalue weighted by Gasteiger charge is 2.38. The number of unbranched alkanes of at least 4 members (excludes halogenated alkanes) is 1. The maximum Gasteiger partial charge on any atom is 0.282 e. The molecule has 0 aromatic heterocycles. The average molecular weight is 333 g/mol. The Morgan fingerprint density at radius 2 is 2.00 bits per heavy atom. The monoisotopic (exact) mass is 333 g/mol. The number of hydrogen-bond acceptors (Lipinski definition) is 3. The van der Waals surface area contributed by atoms with Crippen LogP contribution in [0, 0.1) is 5.92 Å². The molecule has 0 aliphatic carbocycles. The lowest BCUT2D eigenvalue weighted by Gasteiger charge is -2.39. The molecule has 1 aliphatic rings. The minimum Gasteiger partial charge on any atom is -0.356 e. The van der Waals surface area contributed by atoms with E-state index in [1.54, 1.807) is 7.05 Å². The van der Waals surface area contributed by atoms with Crippen molar-refractivity contribution in [1.29, 1.82) is 0 Å². The molecule has 1 N–H and O–H groups in total. The van der Waals surface area contributed by atoms with Crippen molar-refractivity contribution in [2.45, 2.75) is 65.5 Å². The summed E-state index contributed by atoms with van der Waals surface area (Å²) in [6, 6.07) is -0.165. The molecule has 0 aromatic carbocycles. The fraction of sp³-hybridized carbons (Fsp3) is 0.933. The Labute approximate surface area is 135 Å². The van der Waals surface area contributed by atoms with Gasteiger partial charge in [-0.1, -0.05) is 13.3 Å². The molecule has 0 radical (unpaired) electrons. The first-order valence-electron chi connectivity index (χ1n) is 8.24. The molecule has 1 amide bonds. The summed E-state index contributed by atoms with van der Waals surface area (Å²) in [4.78, 5) is 12.2. The van der Waals surface area contributed by atoms with Gasteiger partial charge in [0.2, 0.25) is 5.91 Å². The van der Waals surface area contributed by atoms with Gasteiger partial charge in [-0.15, -0.1) is 0 Å². The highest BCUT2D eigenvalue weighted by atomic mass is 32.2. The van der Waals surface area contributed by atoms with Crippen LogP contribution in [-0.4, -0.2) is 55.2 Å². The molecule has 130 valence electrons. The standard InChI is InChI=1S/C15H31N3O3S/c1-6-7-10-16-15(19)14-9-8-13(4)18(11-14)22(20,21)17(5)12(2)3/h12-14H,6-11H2,1-5H3,(H,16,19). The molecule has 0 bridgehead atoms. The molecule has 1 heterocycles. The summed E-state index contributed by atoms with van der Waals surface area (Å²) >= 11 is 0. The third kappa shape index (κ3) is 4.67. The number of carbonyl (C=O) groups is 1. The van der Waals surface area contributed by atoms with E-state index in [1.807, 2.05) is 20.8 Å². The minimum atomic E-state index is -3.52. The van der Waals surface area contributed by atoms with E-state index in [1.165, 1.54) is 8.61 Å². The van der Waals surface area contributed by atoms with Crippen LogP contribution >= 0.6 is 0 Å². The van der Waals surface area contributed by atoms with Gasteiger partial charge in [-0.3, -0.25) is 4.79 Å². The Hall–Kier alpha value is -0.660. The fourth-order valence-corrected chi connectivity index (χ4v) is 4.37. The van der Waals surface area contributed by atoms with Crippen molar-refractivity contribution in [1.82, 2.24) is 13.9 Å². The van der Waals surface area contributed by atoms with Gasteiger partial charge >= 0.3 is 0 Å². The van der Waals surface area contributed by atoms with Crippen molar-refractivity contribution in [3.8, 4) is 0 Å². The lowest BCUT2D eigenvalue weighted by atomic mass is 9.94. The van der Waals surface area contributed by atoms with E-state index in [2.05, 4.69) is 12.2 Å². The first-order chi connectivity index (χ1) is 10.2. The number of hydrogen-bond donors (Lipinski definition) is 1. The van der Waals surface area contributed by atoms with Crippen LogP contribution in [0.5, 0.6) is 0 Å². The molecule has 22 heavy (non-hydrogen) atoms. The van der Waals surface area contributed by atoms with Crippen LogP contribution in [0.25, 0.3) is 0 Å². The van der Waals surface area contributed by atoms with Crippen molar-refractivity contribution in [3.05, 3.63) is 0 Å². The van der Waals surface area contributed by atoms with Gasteiger partial charge in [-0.25, -0.2) is 0 Å². The van der Waals surface area contributed by atoms with Crippen molar-refractivity contribution in [3.63, 3.8) is 0 Å². The molecule has 7 heteroatoms. The van der Waals surface area contributed by atoms with Crippen LogP contribution in [0.15, 0.2) is 0 Å². The van der Waals surface area contributed by atoms with E-state index in [0.29, 0.717) is 6.54 Å². The van der Waals surface area contributed by atoms with Crippen molar-refractivity contribution in [2.75, 3.05) is 20.1 Å². The molecular formula is C15H31N3O3S. The summed E-state index contributed by atoms with van der Waals surface area (Å²) in [7, 11) is -1.92. The minimum absolute atomic E-state index is 0.0206. The summed E-state index contributed by atoms with van der Waals surface area (Å²) in [6.45, 7) is 8.63. The summed E-state index contributed by atoms with van der Waals surface area (Å²) in [5.74, 6) is -0.267. The maximum absolute atomic E-state index is 12.7. The molecular weight excluding hydrogens is 302 g/mol. The van der Waals surface area contributed by atoms with Crippen LogP contribution < -0.4 is 5.32 Å². The zero-order valence-corrected chi connectivity index (χ0v) is 15.3. The van der Waals surface area contributed by atoms with Gasteiger partial charge in [0.05, 0.1) is 5.92 Å². The zero-order chi connectivity index (χ0) is 16.9. The molecule has 0 aromatic rings. The first kappa shape index (κ1) is 19.4. The number of nitrogens with one attached hydrogen (secondary N) is 1. The summed E-state index contributed by atoms with van der Waals surface area (Å²) in [5, 5.41) is 2.92. The van der Waals surface area contributed by atoms with Gasteiger partial charge in [0.15, 0.2) is 0 Å². The molecule has 0 spiro atoms. The van der Waals surface area contributed by atoms with Gasteiger partial charge in [0.1, 0.15) is 0 Å². The average Bonchev–Trinajstić information content (AvgIpc) is 2.46. The van der Waals surface area contributed by atoms with Crippen molar-refractivity contribution in [2.24, 2.45) is 5.92 Å². The highest BCUT2D eigenvalue weighted by molar-refractivity contribution is 7.86. The van der Waals surface area contributed by atoms with Crippen LogP contribution in [0.1, 0.15) is 53.4 Å². The van der Waals surface area contributed by atoms with Gasteiger partial charge < -0.3 is 5.32 Å². The van der Waals surface area contributed by atoms with Gasteiger partial charge in [-0.2, -0.15) is 17.0 Å². The normalized spacial score (nSPS) is 24.0. The van der Waals surface area contributed by atoms with Gasteiger partial charge in [0, 0.05) is 32.2 Å². The number of rotatable bonds is 7. The molecule has 2 atom stereocenters. The number of amides is 1. The van der Waals surface area contributed by atoms with E-state index >= 15 is 0 Å². The van der Waals surface area contributed by atoms with E-state index < -0.39 is 10.2 Å². The van der Waals surface area contributed by atoms with Crippen molar-refractivity contribution < 1.29 is 13.2 Å². The second-order valence-corrected chi connectivity index (χ2v) is 8.40. The Bertz CT molecular complexity index is 465. The van der Waals surface area contributed by atoms with E-state index in [-0.39, 0.29) is 30.5 Å². The summed E-state index contributed by atoms with van der Waals surface area (Å²) in [6.07, 6.45) is 3.45. The lowest BCUT2D eigenvalue weighted by molar-refractivity contribution is -0.126. The molecule has 6 nitrogen and oxygen atoms in total. The molecule has 1 saturated heterocycles. The summed E-state index contributed by atoms with van der Waals surface area (Å²) < 4.78 is 28.2. The molecule has 0 saturated carbocycles. The fourth-order valence-electron chi connectivity index (χ4n) is 2.57. The maximum atomic E-state index is 12.7. The van der Waals surface area contributed by atoms with E-state index in [9.17, 15) is 13.2 Å². The molecule has 1 fully saturated rings. The Morgan fingerprint density at radius 3 is 2.55 bits per heavy atom. The van der Waals surface area contributed by atoms with E-state index in [0.717, 1.165) is 25.7 Å². The van der Waals surface area contributed by atoms with Gasteiger partial charge in [-0.05, 0) is 40.0 Å². The Balaban J connectivity index is 2.77. The lowest BCUT2D eigenvalue weighted by Crippen LogP contribution is -2.54. The number of carbonyl (C=O) groups excluding carboxylic acids is 1. The van der Waals surface area contributed by atoms with Crippen LogP contribution in [0.4, 0.5) is 0 Å². The quantitative estimate of drug-likeness (QED) is 0.719. The predicted molar refractivity (Wildman–Crippen MR) is 88.6 cm³/mol. The van der Waals surface area contributed by atoms with Crippen LogP contribution in [0.2, 0.25) is 0 Å². The molecule has 2 unspecified atom stereocenters. The van der Waals surface area contributed by atoms with Gasteiger partial charge in [0.25, 0.3) is 10.2 Å². The number of piperidine rings is 1. The summed E-state index contributed by atoms with van der Waals surface area (Å²) in [5.41, 5.74) is 0. The molecule has 1 aliphatic heterocycles. The third-order valence-electron chi connectivity index (χ3n) is 4.41. The second kappa shape index (κ2) is 8.26. The first-order valence-corrected chi connectivity index (χ1v) is 9.64. The van der Waals surface area contributed by atoms with Crippen LogP contribution in [0.3, 0.4) is 0 Å². The highest BCUT2D eigenvalue weighted by Crippen LogP contribution is 2.26. The number of nitrogens with zero attached hydrogens (tertiary/aromatic N) is 2. The SMILES string of the molecule is CCCCNC(=O)C1CCC(C)N(S(=O)(=O)N(C)C(C)C)C1. The van der Waals surface area contributed by atoms with Crippen LogP contribution in [-0.2, 0) is 15.0 Å². The Morgan fingerprint density at radius 1 is 1.36 bits per heavy atom.